The Kier molecular flexibility index (Phi) is 6.40. The predicted molar refractivity (Wildman–Crippen MR) is 97.5 cm³/mol. The van der Waals surface area contributed by atoms with Crippen LogP contribution < -0.4 is 4.74 Å². The Morgan fingerprint density at radius 2 is 1.92 bits per heavy atom. The van der Waals surface area contributed by atoms with Crippen molar-refractivity contribution in [3.05, 3.63) is 30.1 Å². The van der Waals surface area contributed by atoms with Crippen LogP contribution in [0.1, 0.15) is 19.2 Å². The van der Waals surface area contributed by atoms with Gasteiger partial charge in [-0.1, -0.05) is 0 Å². The van der Waals surface area contributed by atoms with Crippen molar-refractivity contribution in [3.8, 4) is 11.4 Å². The minimum atomic E-state index is 0.124. The fraction of sp³-hybridized carbons (Fsp3) is 0.529. The van der Waals surface area contributed by atoms with Crippen LogP contribution in [-0.2, 0) is 11.3 Å². The van der Waals surface area contributed by atoms with Crippen LogP contribution in [0.15, 0.2) is 24.3 Å². The molecule has 1 amide bonds. The summed E-state index contributed by atoms with van der Waals surface area (Å²) in [6, 6.07) is 7.69. The van der Waals surface area contributed by atoms with Crippen LogP contribution in [0, 0.1) is 0 Å². The van der Waals surface area contributed by atoms with Crippen LogP contribution in [0.5, 0.6) is 5.75 Å². The number of carbonyl (C=O) groups excluding carboxylic acids is 1. The molecule has 1 fully saturated rings. The van der Waals surface area contributed by atoms with Crippen molar-refractivity contribution in [1.29, 1.82) is 0 Å². The van der Waals surface area contributed by atoms with Crippen molar-refractivity contribution in [2.75, 3.05) is 38.7 Å². The fourth-order valence-corrected chi connectivity index (χ4v) is 3.11. The van der Waals surface area contributed by atoms with Crippen molar-refractivity contribution in [2.45, 2.75) is 19.9 Å². The number of benzene rings is 1. The van der Waals surface area contributed by atoms with Gasteiger partial charge in [0.1, 0.15) is 5.75 Å². The molecular formula is C17H23ClN6O2. The van der Waals surface area contributed by atoms with Crippen LogP contribution in [-0.4, -0.2) is 74.6 Å². The molecular weight excluding hydrogens is 356 g/mol. The number of hydrogen-bond donors (Lipinski definition) is 0. The summed E-state index contributed by atoms with van der Waals surface area (Å²) >= 11 is 5.65. The monoisotopic (exact) mass is 378 g/mol. The maximum Gasteiger partial charge on any atom is 0.223 e. The Hall–Kier alpha value is -2.19. The van der Waals surface area contributed by atoms with Gasteiger partial charge in [0.2, 0.25) is 5.91 Å². The average molecular weight is 379 g/mol. The van der Waals surface area contributed by atoms with E-state index < -0.39 is 0 Å². The van der Waals surface area contributed by atoms with E-state index in [0.29, 0.717) is 38.5 Å². The van der Waals surface area contributed by atoms with Crippen molar-refractivity contribution in [2.24, 2.45) is 0 Å². The molecule has 1 aliphatic rings. The van der Waals surface area contributed by atoms with Gasteiger partial charge in [-0.05, 0) is 41.6 Å². The molecule has 0 saturated carbocycles. The number of ether oxygens (including phenoxy) is 1. The van der Waals surface area contributed by atoms with E-state index >= 15 is 0 Å². The molecule has 0 aliphatic carbocycles. The molecule has 1 aliphatic heterocycles. The Morgan fingerprint density at radius 1 is 1.19 bits per heavy atom. The molecule has 1 aromatic heterocycles. The fourth-order valence-electron chi connectivity index (χ4n) is 2.95. The Bertz CT molecular complexity index is 712. The number of rotatable bonds is 7. The van der Waals surface area contributed by atoms with Gasteiger partial charge in [-0.15, -0.1) is 16.7 Å². The van der Waals surface area contributed by atoms with Gasteiger partial charge in [0.15, 0.2) is 5.82 Å². The molecule has 0 bridgehead atoms. The first-order chi connectivity index (χ1) is 12.7. The largest absolute Gasteiger partial charge is 0.494 e. The summed E-state index contributed by atoms with van der Waals surface area (Å²) in [5.74, 6) is 2.09. The molecule has 0 N–H and O–H groups in total. The van der Waals surface area contributed by atoms with E-state index in [9.17, 15) is 4.79 Å². The van der Waals surface area contributed by atoms with E-state index in [1.807, 2.05) is 36.1 Å². The van der Waals surface area contributed by atoms with Crippen molar-refractivity contribution < 1.29 is 9.53 Å². The number of aromatic nitrogens is 4. The topological polar surface area (TPSA) is 76.4 Å². The summed E-state index contributed by atoms with van der Waals surface area (Å²) in [5.41, 5.74) is 0.893. The quantitative estimate of drug-likeness (QED) is 0.676. The van der Waals surface area contributed by atoms with Crippen LogP contribution in [0.4, 0.5) is 0 Å². The third-order valence-electron chi connectivity index (χ3n) is 4.32. The Balaban J connectivity index is 1.60. The normalized spacial score (nSPS) is 15.2. The first kappa shape index (κ1) is 18.6. The predicted octanol–water partition coefficient (Wildman–Crippen LogP) is 1.33. The average Bonchev–Trinajstić information content (AvgIpc) is 3.11. The van der Waals surface area contributed by atoms with Crippen LogP contribution in [0.3, 0.4) is 0 Å². The third kappa shape index (κ3) is 4.50. The molecule has 9 heteroatoms. The second-order valence-electron chi connectivity index (χ2n) is 6.03. The van der Waals surface area contributed by atoms with E-state index in [2.05, 4.69) is 20.4 Å². The number of nitrogens with zero attached hydrogens (tertiary/aromatic N) is 6. The second-order valence-corrected chi connectivity index (χ2v) is 6.41. The molecule has 26 heavy (non-hydrogen) atoms. The zero-order valence-electron chi connectivity index (χ0n) is 14.8. The van der Waals surface area contributed by atoms with Gasteiger partial charge in [-0.3, -0.25) is 9.69 Å². The highest BCUT2D eigenvalue weighted by Crippen LogP contribution is 2.16. The van der Waals surface area contributed by atoms with Crippen LogP contribution in [0.2, 0.25) is 0 Å². The summed E-state index contributed by atoms with van der Waals surface area (Å²) < 4.78 is 7.20. The summed E-state index contributed by atoms with van der Waals surface area (Å²) in [6.45, 7) is 6.23. The van der Waals surface area contributed by atoms with Gasteiger partial charge in [0.25, 0.3) is 0 Å². The summed E-state index contributed by atoms with van der Waals surface area (Å²) in [6.07, 6.45) is 0.400. The lowest BCUT2D eigenvalue weighted by Crippen LogP contribution is -2.48. The highest BCUT2D eigenvalue weighted by atomic mass is 35.5. The molecule has 2 aromatic rings. The molecule has 0 unspecified atom stereocenters. The number of halogens is 1. The van der Waals surface area contributed by atoms with Gasteiger partial charge in [-0.2, -0.15) is 4.68 Å². The molecule has 0 radical (unpaired) electrons. The van der Waals surface area contributed by atoms with E-state index in [1.54, 1.807) is 4.68 Å². The van der Waals surface area contributed by atoms with E-state index in [0.717, 1.165) is 30.4 Å². The van der Waals surface area contributed by atoms with E-state index in [4.69, 9.17) is 16.3 Å². The third-order valence-corrected chi connectivity index (χ3v) is 4.51. The summed E-state index contributed by atoms with van der Waals surface area (Å²) in [4.78, 5) is 16.0. The zero-order valence-corrected chi connectivity index (χ0v) is 15.6. The molecule has 2 heterocycles. The highest BCUT2D eigenvalue weighted by molar-refractivity contribution is 6.18. The van der Waals surface area contributed by atoms with E-state index in [1.165, 1.54) is 0 Å². The number of amides is 1. The lowest BCUT2D eigenvalue weighted by atomic mass is 10.2. The van der Waals surface area contributed by atoms with Gasteiger partial charge < -0.3 is 9.64 Å². The van der Waals surface area contributed by atoms with Crippen LogP contribution in [0.25, 0.3) is 5.69 Å². The number of tetrazole rings is 1. The second kappa shape index (κ2) is 8.95. The lowest BCUT2D eigenvalue weighted by molar-refractivity contribution is -0.132. The molecule has 0 atom stereocenters. The highest BCUT2D eigenvalue weighted by Gasteiger charge is 2.22. The number of carbonyl (C=O) groups is 1. The first-order valence-corrected chi connectivity index (χ1v) is 9.31. The van der Waals surface area contributed by atoms with Gasteiger partial charge in [-0.25, -0.2) is 0 Å². The van der Waals surface area contributed by atoms with Gasteiger partial charge in [0.05, 0.1) is 18.8 Å². The smallest absolute Gasteiger partial charge is 0.223 e. The van der Waals surface area contributed by atoms with Gasteiger partial charge in [0, 0.05) is 38.5 Å². The first-order valence-electron chi connectivity index (χ1n) is 8.78. The molecule has 140 valence electrons. The number of piperazine rings is 1. The summed E-state index contributed by atoms with van der Waals surface area (Å²) in [5, 5.41) is 12.1. The minimum absolute atomic E-state index is 0.124. The molecule has 0 spiro atoms. The standard InChI is InChI=1S/C17H23ClN6O2/c1-2-26-15-5-3-14(4-6-15)24-16(19-20-21-24)13-22-9-11-23(12-10-22)17(25)7-8-18/h3-6H,2,7-13H2,1H3. The van der Waals surface area contributed by atoms with Gasteiger partial charge >= 0.3 is 0 Å². The van der Waals surface area contributed by atoms with E-state index in [-0.39, 0.29) is 5.91 Å². The SMILES string of the molecule is CCOc1ccc(-n2nnnc2CN2CCN(C(=O)CCCl)CC2)cc1. The number of alkyl halides is 1. The van der Waals surface area contributed by atoms with Crippen molar-refractivity contribution >= 4 is 17.5 Å². The minimum Gasteiger partial charge on any atom is -0.494 e. The lowest BCUT2D eigenvalue weighted by Gasteiger charge is -2.34. The Morgan fingerprint density at radius 3 is 2.58 bits per heavy atom. The molecule has 3 rings (SSSR count). The molecule has 1 aromatic carbocycles. The molecule has 1 saturated heterocycles. The number of hydrogen-bond acceptors (Lipinski definition) is 6. The zero-order chi connectivity index (χ0) is 18.4. The van der Waals surface area contributed by atoms with Crippen molar-refractivity contribution in [1.82, 2.24) is 30.0 Å². The van der Waals surface area contributed by atoms with Crippen LogP contribution >= 0.6 is 11.6 Å². The maximum atomic E-state index is 11.9. The maximum absolute atomic E-state index is 11.9. The summed E-state index contributed by atoms with van der Waals surface area (Å²) in [7, 11) is 0. The van der Waals surface area contributed by atoms with Crippen molar-refractivity contribution in [3.63, 3.8) is 0 Å². The molecule has 8 nitrogen and oxygen atoms in total. The Labute approximate surface area is 157 Å².